The Morgan fingerprint density at radius 3 is 2.00 bits per heavy atom. The Bertz CT molecular complexity index is 126. The number of piperidine rings is 1. The van der Waals surface area contributed by atoms with E-state index in [0.717, 1.165) is 19.0 Å². The van der Waals surface area contributed by atoms with Crippen LogP contribution in [-0.2, 0) is 32.7 Å². The molecule has 0 unspecified atom stereocenters. The minimum atomic E-state index is 0. The van der Waals surface area contributed by atoms with Crippen LogP contribution >= 0.6 is 0 Å². The smallest absolute Gasteiger partial charge is 0.000537 e. The molecule has 0 N–H and O–H groups in total. The molecule has 0 aromatic carbocycles. The molecular formula is C15H35N2Y-. The van der Waals surface area contributed by atoms with Crippen molar-refractivity contribution >= 4 is 0 Å². The minimum absolute atomic E-state index is 0. The van der Waals surface area contributed by atoms with Crippen LogP contribution < -0.4 is 0 Å². The topological polar surface area (TPSA) is 17.3 Å². The van der Waals surface area contributed by atoms with Gasteiger partial charge in [-0.1, -0.05) is 53.9 Å². The fraction of sp³-hybridized carbons (Fsp3) is 1.00. The Kier molecular flexibility index (Phi) is 27.2. The molecule has 0 atom stereocenters. The van der Waals surface area contributed by atoms with Crippen molar-refractivity contribution in [2.24, 2.45) is 5.92 Å². The fourth-order valence-electron chi connectivity index (χ4n) is 1.95. The molecule has 109 valence electrons. The maximum absolute atomic E-state index is 4.38. The first kappa shape index (κ1) is 24.1. The van der Waals surface area contributed by atoms with Crippen molar-refractivity contribution in [1.29, 1.82) is 0 Å². The molecular weight excluding hydrogens is 297 g/mol. The fourth-order valence-corrected chi connectivity index (χ4v) is 1.95. The van der Waals surface area contributed by atoms with Crippen LogP contribution in [0.4, 0.5) is 0 Å². The summed E-state index contributed by atoms with van der Waals surface area (Å²) < 4.78 is 0. The predicted octanol–water partition coefficient (Wildman–Crippen LogP) is 4.55. The molecule has 0 aromatic heterocycles. The molecule has 1 saturated heterocycles. The predicted molar refractivity (Wildman–Crippen MR) is 80.9 cm³/mol. The van der Waals surface area contributed by atoms with Crippen molar-refractivity contribution in [3.05, 3.63) is 5.32 Å². The summed E-state index contributed by atoms with van der Waals surface area (Å²) >= 11 is 0. The van der Waals surface area contributed by atoms with E-state index >= 15 is 0 Å². The minimum Gasteiger partial charge on any atom is -0.662 e. The summed E-state index contributed by atoms with van der Waals surface area (Å²) in [5, 5.41) is 4.38. The van der Waals surface area contributed by atoms with Gasteiger partial charge in [0.05, 0.1) is 0 Å². The summed E-state index contributed by atoms with van der Waals surface area (Å²) in [7, 11) is 2.25. The molecule has 1 radical (unpaired) electrons. The van der Waals surface area contributed by atoms with Gasteiger partial charge in [0.2, 0.25) is 0 Å². The number of unbranched alkanes of at least 4 members (excludes halogenated alkanes) is 1. The number of nitrogens with zero attached hydrogens (tertiary/aromatic N) is 2. The molecule has 0 amide bonds. The molecule has 1 rings (SSSR count). The monoisotopic (exact) mass is 332 g/mol. The van der Waals surface area contributed by atoms with Gasteiger partial charge in [0.1, 0.15) is 0 Å². The molecule has 0 bridgehead atoms. The molecule has 0 saturated carbocycles. The Morgan fingerprint density at radius 2 is 1.56 bits per heavy atom. The molecule has 3 heteroatoms. The van der Waals surface area contributed by atoms with Crippen molar-refractivity contribution in [2.75, 3.05) is 33.2 Å². The first-order valence-corrected chi connectivity index (χ1v) is 7.64. The quantitative estimate of drug-likeness (QED) is 0.722. The zero-order valence-electron chi connectivity index (χ0n) is 13.7. The van der Waals surface area contributed by atoms with Gasteiger partial charge >= 0.3 is 0 Å². The first-order chi connectivity index (χ1) is 8.33. The van der Waals surface area contributed by atoms with Crippen LogP contribution in [-0.4, -0.2) is 38.1 Å². The first-order valence-electron chi connectivity index (χ1n) is 7.64. The summed E-state index contributed by atoms with van der Waals surface area (Å²) in [6.07, 6.45) is 5.28. The molecule has 1 aliphatic rings. The maximum atomic E-state index is 4.38. The Hall–Kier alpha value is 1.02. The van der Waals surface area contributed by atoms with E-state index in [1.165, 1.54) is 38.8 Å². The van der Waals surface area contributed by atoms with Gasteiger partial charge in [0.15, 0.2) is 0 Å². The van der Waals surface area contributed by atoms with Crippen LogP contribution in [0.1, 0.15) is 60.3 Å². The molecule has 18 heavy (non-hydrogen) atoms. The van der Waals surface area contributed by atoms with Crippen molar-refractivity contribution in [3.8, 4) is 0 Å². The zero-order chi connectivity index (χ0) is 13.5. The van der Waals surface area contributed by atoms with Gasteiger partial charge in [-0.3, -0.25) is 0 Å². The summed E-state index contributed by atoms with van der Waals surface area (Å²) in [5.74, 6) is 0.916. The Labute approximate surface area is 142 Å². The van der Waals surface area contributed by atoms with Crippen LogP contribution in [0.25, 0.3) is 5.32 Å². The van der Waals surface area contributed by atoms with Crippen LogP contribution in [0.15, 0.2) is 0 Å². The molecule has 0 aromatic rings. The third-order valence-corrected chi connectivity index (χ3v) is 2.85. The second kappa shape index (κ2) is 20.3. The number of hydrogen-bond acceptors (Lipinski definition) is 1. The van der Waals surface area contributed by atoms with E-state index in [4.69, 9.17) is 0 Å². The average molecular weight is 332 g/mol. The van der Waals surface area contributed by atoms with Gasteiger partial charge in [-0.25, -0.2) is 0 Å². The molecule has 0 aliphatic carbocycles. The molecule has 1 heterocycles. The third-order valence-electron chi connectivity index (χ3n) is 2.85. The molecule has 2 nitrogen and oxygen atoms in total. The maximum Gasteiger partial charge on any atom is 0.000537 e. The summed E-state index contributed by atoms with van der Waals surface area (Å²) in [4.78, 5) is 2.49. The second-order valence-corrected chi connectivity index (χ2v) is 4.23. The van der Waals surface area contributed by atoms with E-state index in [0.29, 0.717) is 0 Å². The van der Waals surface area contributed by atoms with E-state index in [1.807, 2.05) is 27.7 Å². The van der Waals surface area contributed by atoms with Crippen LogP contribution in [0.2, 0.25) is 0 Å². The summed E-state index contributed by atoms with van der Waals surface area (Å²) in [6.45, 7) is 15.0. The molecule has 1 aliphatic heterocycles. The normalized spacial score (nSPS) is 14.8. The van der Waals surface area contributed by atoms with Crippen molar-refractivity contribution < 1.29 is 32.7 Å². The van der Waals surface area contributed by atoms with Gasteiger partial charge < -0.3 is 10.2 Å². The van der Waals surface area contributed by atoms with E-state index in [2.05, 4.69) is 24.2 Å². The van der Waals surface area contributed by atoms with Gasteiger partial charge in [-0.05, 0) is 25.9 Å². The van der Waals surface area contributed by atoms with Crippen molar-refractivity contribution in [3.63, 3.8) is 0 Å². The summed E-state index contributed by atoms with van der Waals surface area (Å²) in [5.41, 5.74) is 0. The molecule has 1 fully saturated rings. The SMILES string of the molecule is CC.CC.CCCCN(C)CC1CC[N-]CC1.[Y]. The number of hydrogen-bond donors (Lipinski definition) is 0. The number of rotatable bonds is 5. The standard InChI is InChI=1S/C11H23N2.2C2H6.Y/c1-3-4-9-13(2)10-11-5-7-12-8-6-11;2*1-2;/h11H,3-10H2,1-2H3;2*1-2H3;/q-1;;;. The third kappa shape index (κ3) is 15.1. The van der Waals surface area contributed by atoms with E-state index in [-0.39, 0.29) is 32.7 Å². The van der Waals surface area contributed by atoms with Gasteiger partial charge in [0, 0.05) is 39.3 Å². The zero-order valence-corrected chi connectivity index (χ0v) is 16.5. The van der Waals surface area contributed by atoms with E-state index in [1.54, 1.807) is 0 Å². The summed E-state index contributed by atoms with van der Waals surface area (Å²) in [6, 6.07) is 0. The van der Waals surface area contributed by atoms with Crippen LogP contribution in [0.3, 0.4) is 0 Å². The Balaban J connectivity index is -0.000000409. The van der Waals surface area contributed by atoms with Gasteiger partial charge in [-0.2, -0.15) is 0 Å². The van der Waals surface area contributed by atoms with E-state index in [9.17, 15) is 0 Å². The van der Waals surface area contributed by atoms with Crippen LogP contribution in [0.5, 0.6) is 0 Å². The largest absolute Gasteiger partial charge is 0.662 e. The average Bonchev–Trinajstić information content (AvgIpc) is 2.42. The van der Waals surface area contributed by atoms with Gasteiger partial charge in [-0.15, -0.1) is 13.1 Å². The van der Waals surface area contributed by atoms with Crippen molar-refractivity contribution in [1.82, 2.24) is 4.90 Å². The second-order valence-electron chi connectivity index (χ2n) is 4.23. The van der Waals surface area contributed by atoms with Gasteiger partial charge in [0.25, 0.3) is 0 Å². The molecule has 0 spiro atoms. The Morgan fingerprint density at radius 1 is 1.06 bits per heavy atom. The van der Waals surface area contributed by atoms with Crippen LogP contribution in [0, 0.1) is 5.92 Å². The van der Waals surface area contributed by atoms with Crippen molar-refractivity contribution in [2.45, 2.75) is 60.3 Å². The van der Waals surface area contributed by atoms with E-state index < -0.39 is 0 Å².